The van der Waals surface area contributed by atoms with Gasteiger partial charge in [0.05, 0.1) is 12.7 Å². The molecule has 4 rings (SSSR count). The maximum absolute atomic E-state index is 12.8. The zero-order valence-electron chi connectivity index (χ0n) is 21.8. The molecule has 1 amide bonds. The maximum atomic E-state index is 12.8. The monoisotopic (exact) mass is 490 g/mol. The standard InChI is InChI=1S/C31H42N2O3/c1-3-20-33-21-19-30(26-14-10-15-28(22-26)36-2)23-27(17-18-31(30,35)24-33)32-29(34)16-9-5-8-13-25-11-6-4-7-12-25/h3-4,6-7,10-12,14-15,22,27,35H,1,5,8-9,13,16-21,23-24H2,2H3,(H,32,34)/t27-,30-,31-/m0/s1. The van der Waals surface area contributed by atoms with Crippen molar-refractivity contribution in [3.63, 3.8) is 0 Å². The molecule has 194 valence electrons. The van der Waals surface area contributed by atoms with Crippen molar-refractivity contribution in [1.82, 2.24) is 10.2 Å². The van der Waals surface area contributed by atoms with Crippen LogP contribution < -0.4 is 10.1 Å². The Morgan fingerprint density at radius 3 is 2.78 bits per heavy atom. The molecule has 5 nitrogen and oxygen atoms in total. The van der Waals surface area contributed by atoms with Gasteiger partial charge in [-0.05, 0) is 74.8 Å². The summed E-state index contributed by atoms with van der Waals surface area (Å²) in [5.74, 6) is 0.939. The van der Waals surface area contributed by atoms with E-state index in [9.17, 15) is 9.90 Å². The molecule has 0 aromatic heterocycles. The summed E-state index contributed by atoms with van der Waals surface area (Å²) >= 11 is 0. The van der Waals surface area contributed by atoms with Crippen LogP contribution in [-0.4, -0.2) is 54.3 Å². The average Bonchev–Trinajstić information content (AvgIpc) is 2.89. The summed E-state index contributed by atoms with van der Waals surface area (Å²) in [6.07, 6.45) is 9.66. The fraction of sp³-hybridized carbons (Fsp3) is 0.516. The van der Waals surface area contributed by atoms with Crippen LogP contribution in [0.2, 0.25) is 0 Å². The third-order valence-electron chi connectivity index (χ3n) is 8.32. The van der Waals surface area contributed by atoms with Gasteiger partial charge in [-0.15, -0.1) is 6.58 Å². The number of piperidine rings is 1. The van der Waals surface area contributed by atoms with Crippen LogP contribution in [-0.2, 0) is 16.6 Å². The second-order valence-electron chi connectivity index (χ2n) is 10.7. The third kappa shape index (κ3) is 6.01. The van der Waals surface area contributed by atoms with E-state index in [-0.39, 0.29) is 11.9 Å². The predicted octanol–water partition coefficient (Wildman–Crippen LogP) is 5.03. The first-order valence-corrected chi connectivity index (χ1v) is 13.5. The highest BCUT2D eigenvalue weighted by Crippen LogP contribution is 2.52. The van der Waals surface area contributed by atoms with Gasteiger partial charge in [0.15, 0.2) is 0 Å². The highest BCUT2D eigenvalue weighted by atomic mass is 16.5. The van der Waals surface area contributed by atoms with Gasteiger partial charge in [-0.25, -0.2) is 0 Å². The quantitative estimate of drug-likeness (QED) is 0.343. The summed E-state index contributed by atoms with van der Waals surface area (Å²) in [7, 11) is 1.68. The smallest absolute Gasteiger partial charge is 0.220 e. The van der Waals surface area contributed by atoms with Gasteiger partial charge in [-0.1, -0.05) is 55.0 Å². The van der Waals surface area contributed by atoms with Gasteiger partial charge in [0.1, 0.15) is 5.75 Å². The molecular formula is C31H42N2O3. The molecule has 1 saturated heterocycles. The number of hydrogen-bond acceptors (Lipinski definition) is 4. The van der Waals surface area contributed by atoms with Crippen molar-refractivity contribution < 1.29 is 14.6 Å². The first kappa shape index (κ1) is 26.4. The molecule has 1 heterocycles. The van der Waals surface area contributed by atoms with Crippen molar-refractivity contribution in [1.29, 1.82) is 0 Å². The second kappa shape index (κ2) is 12.1. The number of benzene rings is 2. The van der Waals surface area contributed by atoms with E-state index in [4.69, 9.17) is 4.74 Å². The van der Waals surface area contributed by atoms with Gasteiger partial charge >= 0.3 is 0 Å². The summed E-state index contributed by atoms with van der Waals surface area (Å²) < 4.78 is 5.52. The Hall–Kier alpha value is -2.63. The number of aliphatic hydroxyl groups is 1. The summed E-state index contributed by atoms with van der Waals surface area (Å²) in [6.45, 7) is 6.19. The Balaban J connectivity index is 1.38. The number of likely N-dealkylation sites (tertiary alicyclic amines) is 1. The molecule has 1 aliphatic carbocycles. The number of hydrogen-bond donors (Lipinski definition) is 2. The zero-order valence-corrected chi connectivity index (χ0v) is 21.8. The molecule has 1 saturated carbocycles. The Labute approximate surface area is 216 Å². The molecule has 0 unspecified atom stereocenters. The van der Waals surface area contributed by atoms with E-state index in [0.29, 0.717) is 19.4 Å². The molecule has 2 aliphatic rings. The molecule has 0 bridgehead atoms. The SMILES string of the molecule is C=CCN1CC[C@@]2(c3cccc(OC)c3)C[C@@H](NC(=O)CCCCCc3ccccc3)CC[C@]2(O)C1. The van der Waals surface area contributed by atoms with Gasteiger partial charge < -0.3 is 15.2 Å². The summed E-state index contributed by atoms with van der Waals surface area (Å²) in [6, 6.07) is 18.8. The number of nitrogens with zero attached hydrogens (tertiary/aromatic N) is 1. The van der Waals surface area contributed by atoms with E-state index < -0.39 is 11.0 Å². The number of β-amino-alcohol motifs (C(OH)–C–C–N with tert-alkyl or cyclic N) is 1. The molecule has 2 N–H and O–H groups in total. The van der Waals surface area contributed by atoms with Gasteiger partial charge in [-0.3, -0.25) is 9.69 Å². The van der Waals surface area contributed by atoms with E-state index in [1.165, 1.54) is 5.56 Å². The lowest BCUT2D eigenvalue weighted by Crippen LogP contribution is -2.67. The normalized spacial score (nSPS) is 26.1. The highest BCUT2D eigenvalue weighted by Gasteiger charge is 2.57. The molecule has 2 aromatic carbocycles. The number of unbranched alkanes of at least 4 members (excludes halogenated alkanes) is 2. The summed E-state index contributed by atoms with van der Waals surface area (Å²) in [5, 5.41) is 15.4. The fourth-order valence-corrected chi connectivity index (χ4v) is 6.38. The minimum Gasteiger partial charge on any atom is -0.497 e. The molecule has 2 fully saturated rings. The Morgan fingerprint density at radius 1 is 1.17 bits per heavy atom. The lowest BCUT2D eigenvalue weighted by Gasteiger charge is -2.58. The van der Waals surface area contributed by atoms with Crippen molar-refractivity contribution in [2.24, 2.45) is 0 Å². The Kier molecular flexibility index (Phi) is 8.86. The topological polar surface area (TPSA) is 61.8 Å². The number of carbonyl (C=O) groups excluding carboxylic acids is 1. The average molecular weight is 491 g/mol. The number of nitrogens with one attached hydrogen (secondary N) is 1. The zero-order chi connectivity index (χ0) is 25.4. The third-order valence-corrected chi connectivity index (χ3v) is 8.32. The highest BCUT2D eigenvalue weighted by molar-refractivity contribution is 5.76. The van der Waals surface area contributed by atoms with Crippen LogP contribution >= 0.6 is 0 Å². The molecule has 2 aromatic rings. The fourth-order valence-electron chi connectivity index (χ4n) is 6.38. The first-order chi connectivity index (χ1) is 17.5. The molecule has 36 heavy (non-hydrogen) atoms. The van der Waals surface area contributed by atoms with Crippen LogP contribution in [0.1, 0.15) is 62.5 Å². The van der Waals surface area contributed by atoms with Crippen molar-refractivity contribution in [3.8, 4) is 5.75 Å². The number of carbonyl (C=O) groups is 1. The lowest BCUT2D eigenvalue weighted by molar-refractivity contribution is -0.132. The Morgan fingerprint density at radius 2 is 2.00 bits per heavy atom. The molecular weight excluding hydrogens is 448 g/mol. The van der Waals surface area contributed by atoms with E-state index in [1.54, 1.807) is 7.11 Å². The molecule has 0 spiro atoms. The summed E-state index contributed by atoms with van der Waals surface area (Å²) in [4.78, 5) is 15.1. The number of aryl methyl sites for hydroxylation is 1. The first-order valence-electron chi connectivity index (χ1n) is 13.5. The predicted molar refractivity (Wildman–Crippen MR) is 145 cm³/mol. The molecule has 5 heteroatoms. The number of ether oxygens (including phenoxy) is 1. The van der Waals surface area contributed by atoms with Crippen molar-refractivity contribution >= 4 is 5.91 Å². The van der Waals surface area contributed by atoms with Crippen LogP contribution in [0.15, 0.2) is 67.3 Å². The van der Waals surface area contributed by atoms with Crippen molar-refractivity contribution in [2.75, 3.05) is 26.7 Å². The van der Waals surface area contributed by atoms with Crippen LogP contribution in [0.5, 0.6) is 5.75 Å². The van der Waals surface area contributed by atoms with E-state index in [1.807, 2.05) is 24.3 Å². The van der Waals surface area contributed by atoms with Gasteiger partial charge in [-0.2, -0.15) is 0 Å². The largest absolute Gasteiger partial charge is 0.497 e. The maximum Gasteiger partial charge on any atom is 0.220 e. The Bertz CT molecular complexity index is 1010. The van der Waals surface area contributed by atoms with Crippen LogP contribution in [0.25, 0.3) is 0 Å². The van der Waals surface area contributed by atoms with E-state index >= 15 is 0 Å². The molecule has 0 radical (unpaired) electrons. The van der Waals surface area contributed by atoms with Gasteiger partial charge in [0, 0.05) is 31.0 Å². The summed E-state index contributed by atoms with van der Waals surface area (Å²) in [5.41, 5.74) is 1.21. The van der Waals surface area contributed by atoms with E-state index in [2.05, 4.69) is 53.2 Å². The van der Waals surface area contributed by atoms with Crippen LogP contribution in [0.3, 0.4) is 0 Å². The lowest BCUT2D eigenvalue weighted by atomic mass is 9.55. The second-order valence-corrected chi connectivity index (χ2v) is 10.7. The number of rotatable bonds is 11. The minimum absolute atomic E-state index is 0.0687. The number of fused-ring (bicyclic) bond motifs is 1. The molecule has 3 atom stereocenters. The van der Waals surface area contributed by atoms with Gasteiger partial charge in [0.25, 0.3) is 0 Å². The van der Waals surface area contributed by atoms with E-state index in [0.717, 1.165) is 69.3 Å². The minimum atomic E-state index is -0.848. The van der Waals surface area contributed by atoms with Crippen LogP contribution in [0, 0.1) is 0 Å². The molecule has 1 aliphatic heterocycles. The number of amides is 1. The van der Waals surface area contributed by atoms with Crippen molar-refractivity contribution in [3.05, 3.63) is 78.4 Å². The van der Waals surface area contributed by atoms with Crippen LogP contribution in [0.4, 0.5) is 0 Å². The van der Waals surface area contributed by atoms with Gasteiger partial charge in [0.2, 0.25) is 5.91 Å². The van der Waals surface area contributed by atoms with Crippen molar-refractivity contribution in [2.45, 2.75) is 74.8 Å². The number of methoxy groups -OCH3 is 1.